The van der Waals surface area contributed by atoms with Crippen LogP contribution in [0.1, 0.15) is 5.56 Å². The standard InChI is InChI=1S/C13H17F3N2O2S/c1-8-3-4-11(21-7-13(14,15)16)10(5-8)18-12(19)9(17)6-20-2/h3-5,9H,6-7,17H2,1-2H3,(H,18,19). The Hall–Kier alpha value is -1.25. The number of anilines is 1. The maximum absolute atomic E-state index is 12.3. The monoisotopic (exact) mass is 322 g/mol. The minimum atomic E-state index is -4.27. The summed E-state index contributed by atoms with van der Waals surface area (Å²) in [6, 6.07) is 3.96. The Balaban J connectivity index is 2.84. The molecule has 118 valence electrons. The molecule has 3 N–H and O–H groups in total. The Kier molecular flexibility index (Phi) is 6.50. The van der Waals surface area contributed by atoms with Gasteiger partial charge in [0.25, 0.3) is 0 Å². The van der Waals surface area contributed by atoms with Crippen LogP contribution in [0.5, 0.6) is 0 Å². The molecule has 0 aliphatic rings. The van der Waals surface area contributed by atoms with E-state index in [1.54, 1.807) is 25.1 Å². The molecular weight excluding hydrogens is 305 g/mol. The number of alkyl halides is 3. The van der Waals surface area contributed by atoms with Gasteiger partial charge in [-0.15, -0.1) is 11.8 Å². The number of aryl methyl sites for hydroxylation is 1. The number of carbonyl (C=O) groups excluding carboxylic acids is 1. The van der Waals surface area contributed by atoms with Crippen molar-refractivity contribution in [1.29, 1.82) is 0 Å². The molecule has 0 fully saturated rings. The minimum absolute atomic E-state index is 0.0304. The second-order valence-electron chi connectivity index (χ2n) is 4.45. The first-order valence-corrected chi connectivity index (χ1v) is 7.07. The molecule has 4 nitrogen and oxygen atoms in total. The third-order valence-electron chi connectivity index (χ3n) is 2.47. The first-order chi connectivity index (χ1) is 9.73. The Morgan fingerprint density at radius 3 is 2.71 bits per heavy atom. The lowest BCUT2D eigenvalue weighted by atomic mass is 10.2. The lowest BCUT2D eigenvalue weighted by Crippen LogP contribution is -2.39. The highest BCUT2D eigenvalue weighted by atomic mass is 32.2. The van der Waals surface area contributed by atoms with Gasteiger partial charge in [-0.2, -0.15) is 13.2 Å². The van der Waals surface area contributed by atoms with E-state index in [0.29, 0.717) is 22.3 Å². The van der Waals surface area contributed by atoms with Crippen molar-refractivity contribution >= 4 is 23.4 Å². The van der Waals surface area contributed by atoms with Gasteiger partial charge in [0, 0.05) is 12.0 Å². The number of nitrogens with one attached hydrogen (secondary N) is 1. The number of hydrogen-bond acceptors (Lipinski definition) is 4. The van der Waals surface area contributed by atoms with Gasteiger partial charge in [-0.05, 0) is 24.6 Å². The molecule has 1 unspecified atom stereocenters. The van der Waals surface area contributed by atoms with E-state index in [0.717, 1.165) is 5.56 Å². The predicted octanol–water partition coefficient (Wildman–Crippen LogP) is 2.56. The van der Waals surface area contributed by atoms with Gasteiger partial charge in [0.1, 0.15) is 6.04 Å². The number of nitrogens with two attached hydrogens (primary N) is 1. The third kappa shape index (κ3) is 6.36. The van der Waals surface area contributed by atoms with E-state index in [-0.39, 0.29) is 6.61 Å². The van der Waals surface area contributed by atoms with E-state index in [1.165, 1.54) is 7.11 Å². The smallest absolute Gasteiger partial charge is 0.383 e. The zero-order valence-corrected chi connectivity index (χ0v) is 12.5. The van der Waals surface area contributed by atoms with Crippen molar-refractivity contribution in [1.82, 2.24) is 0 Å². The summed E-state index contributed by atoms with van der Waals surface area (Å²) in [5, 5.41) is 2.54. The van der Waals surface area contributed by atoms with E-state index in [1.807, 2.05) is 0 Å². The van der Waals surface area contributed by atoms with Crippen LogP contribution in [0.2, 0.25) is 0 Å². The molecule has 8 heteroatoms. The van der Waals surface area contributed by atoms with Crippen LogP contribution >= 0.6 is 11.8 Å². The average molecular weight is 322 g/mol. The molecule has 0 aliphatic carbocycles. The normalized spacial score (nSPS) is 13.0. The van der Waals surface area contributed by atoms with Gasteiger partial charge in [-0.1, -0.05) is 6.07 Å². The topological polar surface area (TPSA) is 64.3 Å². The Bertz CT molecular complexity index is 495. The SMILES string of the molecule is COCC(N)C(=O)Nc1cc(C)ccc1SCC(F)(F)F. The van der Waals surface area contributed by atoms with Crippen molar-refractivity contribution in [2.24, 2.45) is 5.73 Å². The lowest BCUT2D eigenvalue weighted by Gasteiger charge is -2.15. The first kappa shape index (κ1) is 17.8. The summed E-state index contributed by atoms with van der Waals surface area (Å²) in [7, 11) is 1.41. The Morgan fingerprint density at radius 2 is 2.14 bits per heavy atom. The highest BCUT2D eigenvalue weighted by Gasteiger charge is 2.28. The van der Waals surface area contributed by atoms with Crippen molar-refractivity contribution in [2.45, 2.75) is 24.0 Å². The van der Waals surface area contributed by atoms with E-state index in [2.05, 4.69) is 5.32 Å². The Morgan fingerprint density at radius 1 is 1.48 bits per heavy atom. The molecular formula is C13H17F3N2O2S. The Labute approximate surface area is 125 Å². The summed E-state index contributed by atoms with van der Waals surface area (Å²) in [5.41, 5.74) is 6.72. The van der Waals surface area contributed by atoms with Crippen LogP contribution in [0.25, 0.3) is 0 Å². The number of ether oxygens (including phenoxy) is 1. The van der Waals surface area contributed by atoms with Crippen molar-refractivity contribution in [3.05, 3.63) is 23.8 Å². The summed E-state index contributed by atoms with van der Waals surface area (Å²) in [5.74, 6) is -1.53. The molecule has 0 aliphatic heterocycles. The van der Waals surface area contributed by atoms with Crippen LogP contribution in [0, 0.1) is 6.92 Å². The highest BCUT2D eigenvalue weighted by Crippen LogP contribution is 2.32. The fraction of sp³-hybridized carbons (Fsp3) is 0.462. The number of benzene rings is 1. The van der Waals surface area contributed by atoms with E-state index >= 15 is 0 Å². The van der Waals surface area contributed by atoms with Crippen LogP contribution in [-0.4, -0.2) is 37.6 Å². The molecule has 1 rings (SSSR count). The molecule has 0 radical (unpaired) electrons. The van der Waals surface area contributed by atoms with Crippen LogP contribution in [0.15, 0.2) is 23.1 Å². The fourth-order valence-corrected chi connectivity index (χ4v) is 2.26. The molecule has 1 atom stereocenters. The molecule has 1 amide bonds. The molecule has 0 saturated carbocycles. The number of rotatable bonds is 6. The average Bonchev–Trinajstić information content (AvgIpc) is 2.37. The van der Waals surface area contributed by atoms with E-state index < -0.39 is 23.9 Å². The summed E-state index contributed by atoms with van der Waals surface area (Å²) in [6.07, 6.45) is -4.27. The van der Waals surface area contributed by atoms with Crippen LogP contribution in [-0.2, 0) is 9.53 Å². The van der Waals surface area contributed by atoms with Crippen LogP contribution < -0.4 is 11.1 Å². The van der Waals surface area contributed by atoms with Crippen molar-refractivity contribution in [2.75, 3.05) is 24.8 Å². The lowest BCUT2D eigenvalue weighted by molar-refractivity contribution is -0.118. The number of methoxy groups -OCH3 is 1. The van der Waals surface area contributed by atoms with E-state index in [4.69, 9.17) is 10.5 Å². The molecule has 0 saturated heterocycles. The highest BCUT2D eigenvalue weighted by molar-refractivity contribution is 7.99. The van der Waals surface area contributed by atoms with E-state index in [9.17, 15) is 18.0 Å². The first-order valence-electron chi connectivity index (χ1n) is 6.08. The summed E-state index contributed by atoms with van der Waals surface area (Å²) in [6.45, 7) is 1.81. The maximum atomic E-state index is 12.3. The van der Waals surface area contributed by atoms with Gasteiger partial charge in [-0.3, -0.25) is 4.79 Å². The third-order valence-corrected chi connectivity index (χ3v) is 3.61. The molecule has 0 aromatic heterocycles. The van der Waals surface area contributed by atoms with Crippen molar-refractivity contribution in [3.8, 4) is 0 Å². The number of halogens is 3. The molecule has 1 aromatic rings. The number of carbonyl (C=O) groups is 1. The van der Waals surface area contributed by atoms with Crippen molar-refractivity contribution in [3.63, 3.8) is 0 Å². The van der Waals surface area contributed by atoms with Crippen LogP contribution in [0.4, 0.5) is 18.9 Å². The summed E-state index contributed by atoms with van der Waals surface area (Å²) < 4.78 is 41.7. The molecule has 1 aromatic carbocycles. The van der Waals surface area contributed by atoms with Gasteiger partial charge in [-0.25, -0.2) is 0 Å². The van der Waals surface area contributed by atoms with Gasteiger partial charge in [0.2, 0.25) is 5.91 Å². The summed E-state index contributed by atoms with van der Waals surface area (Å²) >= 11 is 0.618. The van der Waals surface area contributed by atoms with Gasteiger partial charge < -0.3 is 15.8 Å². The second-order valence-corrected chi connectivity index (χ2v) is 5.47. The molecule has 0 bridgehead atoms. The summed E-state index contributed by atoms with van der Waals surface area (Å²) in [4.78, 5) is 12.2. The van der Waals surface area contributed by atoms with Crippen molar-refractivity contribution < 1.29 is 22.7 Å². The minimum Gasteiger partial charge on any atom is -0.383 e. The fourth-order valence-electron chi connectivity index (χ4n) is 1.51. The number of thioether (sulfide) groups is 1. The number of amides is 1. The molecule has 21 heavy (non-hydrogen) atoms. The molecule has 0 heterocycles. The molecule has 0 spiro atoms. The predicted molar refractivity (Wildman–Crippen MR) is 76.4 cm³/mol. The zero-order chi connectivity index (χ0) is 16.0. The van der Waals surface area contributed by atoms with Gasteiger partial charge in [0.05, 0.1) is 18.0 Å². The maximum Gasteiger partial charge on any atom is 0.398 e. The second kappa shape index (κ2) is 7.67. The van der Waals surface area contributed by atoms with Crippen LogP contribution in [0.3, 0.4) is 0 Å². The largest absolute Gasteiger partial charge is 0.398 e. The number of hydrogen-bond donors (Lipinski definition) is 2. The van der Waals surface area contributed by atoms with Gasteiger partial charge in [0.15, 0.2) is 0 Å². The van der Waals surface area contributed by atoms with Gasteiger partial charge >= 0.3 is 6.18 Å². The zero-order valence-electron chi connectivity index (χ0n) is 11.7. The quantitative estimate of drug-likeness (QED) is 0.790.